The van der Waals surface area contributed by atoms with Gasteiger partial charge in [0.1, 0.15) is 0 Å². The first kappa shape index (κ1) is 9.36. The van der Waals surface area contributed by atoms with E-state index < -0.39 is 0 Å². The highest BCUT2D eigenvalue weighted by Crippen LogP contribution is 2.20. The van der Waals surface area contributed by atoms with Gasteiger partial charge in [0.25, 0.3) is 0 Å². The van der Waals surface area contributed by atoms with E-state index in [0.717, 1.165) is 0 Å². The fourth-order valence-electron chi connectivity index (χ4n) is 0.829. The number of rotatable bonds is 1. The number of benzene rings is 1. The second-order valence-corrected chi connectivity index (χ2v) is 3.15. The Morgan fingerprint density at radius 2 is 2.08 bits per heavy atom. The second-order valence-electron chi connectivity index (χ2n) is 2.31. The van der Waals surface area contributed by atoms with E-state index in [1.807, 2.05) is 0 Å². The summed E-state index contributed by atoms with van der Waals surface area (Å²) in [5.74, 6) is 0. The zero-order chi connectivity index (χ0) is 9.14. The average molecular weight is 204 g/mol. The van der Waals surface area contributed by atoms with Crippen molar-refractivity contribution in [3.8, 4) is 0 Å². The molecule has 0 fully saturated rings. The first-order valence-electron chi connectivity index (χ1n) is 3.29. The van der Waals surface area contributed by atoms with Crippen LogP contribution in [0.4, 0.5) is 0 Å². The molecule has 0 spiro atoms. The number of hydrogen-bond acceptors (Lipinski definition) is 2. The van der Waals surface area contributed by atoms with E-state index >= 15 is 0 Å². The van der Waals surface area contributed by atoms with Gasteiger partial charge in [-0.25, -0.2) is 0 Å². The van der Waals surface area contributed by atoms with Crippen LogP contribution in [0.3, 0.4) is 0 Å². The number of oxime groups is 1. The Hall–Kier alpha value is -0.730. The Balaban J connectivity index is 3.23. The lowest BCUT2D eigenvalue weighted by Gasteiger charge is -2.01. The number of hydrogen-bond donors (Lipinski definition) is 1. The van der Waals surface area contributed by atoms with Crippen LogP contribution in [-0.4, -0.2) is 10.9 Å². The summed E-state index contributed by atoms with van der Waals surface area (Å²) in [5, 5.41) is 12.6. The number of halogens is 2. The van der Waals surface area contributed by atoms with Gasteiger partial charge in [0.15, 0.2) is 0 Å². The van der Waals surface area contributed by atoms with Crippen molar-refractivity contribution in [3.05, 3.63) is 33.8 Å². The molecule has 0 unspecified atom stereocenters. The molecule has 0 amide bonds. The molecule has 0 aliphatic rings. The lowest BCUT2D eigenvalue weighted by atomic mass is 10.1. The normalized spacial score (nSPS) is 11.8. The Morgan fingerprint density at radius 1 is 1.42 bits per heavy atom. The first-order chi connectivity index (χ1) is 5.65. The molecule has 1 aromatic rings. The Labute approximate surface area is 80.4 Å². The van der Waals surface area contributed by atoms with Crippen LogP contribution in [0.5, 0.6) is 0 Å². The summed E-state index contributed by atoms with van der Waals surface area (Å²) in [6.45, 7) is 1.65. The molecule has 12 heavy (non-hydrogen) atoms. The van der Waals surface area contributed by atoms with Gasteiger partial charge >= 0.3 is 0 Å². The third-order valence-electron chi connectivity index (χ3n) is 1.47. The molecule has 0 saturated heterocycles. The van der Waals surface area contributed by atoms with E-state index in [4.69, 9.17) is 28.4 Å². The third-order valence-corrected chi connectivity index (χ3v) is 2.03. The van der Waals surface area contributed by atoms with Crippen LogP contribution in [-0.2, 0) is 0 Å². The minimum Gasteiger partial charge on any atom is -0.411 e. The smallest absolute Gasteiger partial charge is 0.0852 e. The zero-order valence-electron chi connectivity index (χ0n) is 6.38. The molecule has 2 nitrogen and oxygen atoms in total. The molecule has 0 aliphatic carbocycles. The summed E-state index contributed by atoms with van der Waals surface area (Å²) < 4.78 is 0. The van der Waals surface area contributed by atoms with Crippen LogP contribution in [0.25, 0.3) is 0 Å². The fraction of sp³-hybridized carbons (Fsp3) is 0.125. The van der Waals surface area contributed by atoms with Crippen LogP contribution in [0.15, 0.2) is 23.4 Å². The molecule has 64 valence electrons. The van der Waals surface area contributed by atoms with Gasteiger partial charge in [0.2, 0.25) is 0 Å². The topological polar surface area (TPSA) is 32.6 Å². The second kappa shape index (κ2) is 3.78. The summed E-state index contributed by atoms with van der Waals surface area (Å²) in [7, 11) is 0. The molecule has 4 heteroatoms. The quantitative estimate of drug-likeness (QED) is 0.425. The zero-order valence-corrected chi connectivity index (χ0v) is 7.89. The minimum atomic E-state index is 0.447. The molecular weight excluding hydrogens is 197 g/mol. The SMILES string of the molecule is C/C(=N/O)c1cc(Cl)ccc1Cl. The predicted molar refractivity (Wildman–Crippen MR) is 50.5 cm³/mol. The van der Waals surface area contributed by atoms with E-state index in [2.05, 4.69) is 5.16 Å². The van der Waals surface area contributed by atoms with Gasteiger partial charge in [-0.3, -0.25) is 0 Å². The maximum Gasteiger partial charge on any atom is 0.0852 e. The monoisotopic (exact) mass is 203 g/mol. The van der Waals surface area contributed by atoms with Gasteiger partial charge in [-0.1, -0.05) is 28.4 Å². The van der Waals surface area contributed by atoms with Crippen molar-refractivity contribution in [2.45, 2.75) is 6.92 Å². The summed E-state index contributed by atoms with van der Waals surface area (Å²) in [6, 6.07) is 4.99. The maximum absolute atomic E-state index is 8.49. The van der Waals surface area contributed by atoms with Crippen molar-refractivity contribution in [1.82, 2.24) is 0 Å². The van der Waals surface area contributed by atoms with Crippen LogP contribution in [0, 0.1) is 0 Å². The summed E-state index contributed by atoms with van der Waals surface area (Å²) in [5.41, 5.74) is 1.09. The maximum atomic E-state index is 8.49. The van der Waals surface area contributed by atoms with E-state index in [1.54, 1.807) is 25.1 Å². The lowest BCUT2D eigenvalue weighted by Crippen LogP contribution is -1.95. The molecule has 0 bridgehead atoms. The molecule has 0 saturated carbocycles. The summed E-state index contributed by atoms with van der Waals surface area (Å²) in [6.07, 6.45) is 0. The van der Waals surface area contributed by atoms with Crippen molar-refractivity contribution in [2.75, 3.05) is 0 Å². The largest absolute Gasteiger partial charge is 0.411 e. The Bertz CT molecular complexity index is 323. The van der Waals surface area contributed by atoms with E-state index in [-0.39, 0.29) is 0 Å². The van der Waals surface area contributed by atoms with E-state index in [1.165, 1.54) is 0 Å². The van der Waals surface area contributed by atoms with Gasteiger partial charge in [-0.2, -0.15) is 0 Å². The molecule has 0 atom stereocenters. The fourth-order valence-corrected chi connectivity index (χ4v) is 1.26. The molecule has 0 aromatic heterocycles. The van der Waals surface area contributed by atoms with Crippen LogP contribution < -0.4 is 0 Å². The van der Waals surface area contributed by atoms with Crippen molar-refractivity contribution in [3.63, 3.8) is 0 Å². The molecule has 1 N–H and O–H groups in total. The summed E-state index contributed by atoms with van der Waals surface area (Å²) >= 11 is 11.5. The molecule has 1 aromatic carbocycles. The highest BCUT2D eigenvalue weighted by molar-refractivity contribution is 6.36. The molecule has 1 rings (SSSR count). The van der Waals surface area contributed by atoms with Gasteiger partial charge in [0, 0.05) is 15.6 Å². The highest BCUT2D eigenvalue weighted by atomic mass is 35.5. The highest BCUT2D eigenvalue weighted by Gasteiger charge is 2.04. The van der Waals surface area contributed by atoms with Crippen molar-refractivity contribution < 1.29 is 5.21 Å². The van der Waals surface area contributed by atoms with Crippen LogP contribution in [0.1, 0.15) is 12.5 Å². The van der Waals surface area contributed by atoms with Crippen molar-refractivity contribution in [1.29, 1.82) is 0 Å². The van der Waals surface area contributed by atoms with E-state index in [9.17, 15) is 0 Å². The third kappa shape index (κ3) is 1.90. The molecule has 0 aliphatic heterocycles. The van der Waals surface area contributed by atoms with Gasteiger partial charge in [0.05, 0.1) is 5.71 Å². The van der Waals surface area contributed by atoms with E-state index in [0.29, 0.717) is 21.3 Å². The Morgan fingerprint density at radius 3 is 2.67 bits per heavy atom. The van der Waals surface area contributed by atoms with Crippen molar-refractivity contribution in [2.24, 2.45) is 5.16 Å². The number of nitrogens with zero attached hydrogens (tertiary/aromatic N) is 1. The van der Waals surface area contributed by atoms with Crippen molar-refractivity contribution >= 4 is 28.9 Å². The van der Waals surface area contributed by atoms with Crippen LogP contribution in [0.2, 0.25) is 10.0 Å². The van der Waals surface area contributed by atoms with Gasteiger partial charge in [-0.15, -0.1) is 0 Å². The standard InChI is InChI=1S/C8H7Cl2NO/c1-5(11-12)7-4-6(9)2-3-8(7)10/h2-4,12H,1H3/b11-5-. The van der Waals surface area contributed by atoms with Gasteiger partial charge in [-0.05, 0) is 25.1 Å². The molecule has 0 heterocycles. The predicted octanol–water partition coefficient (Wildman–Crippen LogP) is 3.19. The molecule has 0 radical (unpaired) electrons. The molecular formula is C8H7Cl2NO. The first-order valence-corrected chi connectivity index (χ1v) is 4.05. The lowest BCUT2D eigenvalue weighted by molar-refractivity contribution is 0.319. The van der Waals surface area contributed by atoms with Crippen LogP contribution >= 0.6 is 23.2 Å². The summed E-state index contributed by atoms with van der Waals surface area (Å²) in [4.78, 5) is 0. The van der Waals surface area contributed by atoms with Gasteiger partial charge < -0.3 is 5.21 Å². The Kier molecular flexibility index (Phi) is 2.95. The average Bonchev–Trinajstić information content (AvgIpc) is 2.08. The minimum absolute atomic E-state index is 0.447.